The van der Waals surface area contributed by atoms with E-state index in [4.69, 9.17) is 4.74 Å². The molecule has 1 aliphatic rings. The molecule has 1 saturated heterocycles. The van der Waals surface area contributed by atoms with Crippen LogP contribution < -0.4 is 15.4 Å². The molecule has 0 bridgehead atoms. The van der Waals surface area contributed by atoms with Crippen LogP contribution in [0.5, 0.6) is 5.75 Å². The van der Waals surface area contributed by atoms with E-state index >= 15 is 0 Å². The molecule has 0 aliphatic carbocycles. The summed E-state index contributed by atoms with van der Waals surface area (Å²) in [6.07, 6.45) is 1.99. The van der Waals surface area contributed by atoms with Crippen LogP contribution in [0.15, 0.2) is 24.3 Å². The average Bonchev–Trinajstić information content (AvgIpc) is 2.39. The van der Waals surface area contributed by atoms with Crippen LogP contribution in [0, 0.1) is 6.92 Å². The Morgan fingerprint density at radius 2 is 1.95 bits per heavy atom. The Bertz CT molecular complexity index is 389. The third kappa shape index (κ3) is 5.49. The summed E-state index contributed by atoms with van der Waals surface area (Å²) < 4.78 is 5.44. The smallest absolute Gasteiger partial charge is 0.258 e. The number of rotatable bonds is 4. The average molecular weight is 285 g/mol. The summed E-state index contributed by atoms with van der Waals surface area (Å²) in [4.78, 5) is 11.7. The Balaban J connectivity index is 0.00000180. The lowest BCUT2D eigenvalue weighted by molar-refractivity contribution is -0.123. The fourth-order valence-corrected chi connectivity index (χ4v) is 2.02. The van der Waals surface area contributed by atoms with Gasteiger partial charge in [-0.2, -0.15) is 0 Å². The highest BCUT2D eigenvalue weighted by Crippen LogP contribution is 2.11. The monoisotopic (exact) mass is 284 g/mol. The molecule has 1 aromatic carbocycles. The Hall–Kier alpha value is -1.26. The van der Waals surface area contributed by atoms with Gasteiger partial charge in [0, 0.05) is 6.04 Å². The molecule has 0 saturated carbocycles. The highest BCUT2D eigenvalue weighted by molar-refractivity contribution is 5.85. The van der Waals surface area contributed by atoms with Crippen LogP contribution in [0.4, 0.5) is 0 Å². The van der Waals surface area contributed by atoms with Crippen LogP contribution in [0.2, 0.25) is 0 Å². The van der Waals surface area contributed by atoms with E-state index in [0.29, 0.717) is 6.04 Å². The second-order valence-corrected chi connectivity index (χ2v) is 4.69. The van der Waals surface area contributed by atoms with E-state index in [1.165, 1.54) is 5.56 Å². The van der Waals surface area contributed by atoms with Gasteiger partial charge in [-0.1, -0.05) is 17.7 Å². The van der Waals surface area contributed by atoms with E-state index in [-0.39, 0.29) is 24.9 Å². The zero-order chi connectivity index (χ0) is 12.8. The predicted octanol–water partition coefficient (Wildman–Crippen LogP) is 1.66. The van der Waals surface area contributed by atoms with E-state index in [2.05, 4.69) is 10.6 Å². The topological polar surface area (TPSA) is 50.4 Å². The fourth-order valence-electron chi connectivity index (χ4n) is 2.02. The molecule has 2 N–H and O–H groups in total. The summed E-state index contributed by atoms with van der Waals surface area (Å²) in [6.45, 7) is 4.06. The Labute approximate surface area is 120 Å². The Kier molecular flexibility index (Phi) is 6.67. The standard InChI is InChI=1S/C14H20N2O2.ClH/c1-11-2-4-13(5-3-11)18-10-14(17)16-12-6-8-15-9-7-12;/h2-5,12,15H,6-10H2,1H3,(H,16,17);1H. The van der Waals surface area contributed by atoms with Crippen molar-refractivity contribution in [3.05, 3.63) is 29.8 Å². The lowest BCUT2D eigenvalue weighted by Crippen LogP contribution is -2.44. The molecule has 0 aromatic heterocycles. The minimum Gasteiger partial charge on any atom is -0.484 e. The van der Waals surface area contributed by atoms with E-state index in [1.54, 1.807) is 0 Å². The SMILES string of the molecule is Cc1ccc(OCC(=O)NC2CCNCC2)cc1.Cl. The van der Waals surface area contributed by atoms with Crippen molar-refractivity contribution in [3.63, 3.8) is 0 Å². The first kappa shape index (κ1) is 15.8. The number of benzene rings is 1. The molecule has 1 aromatic rings. The third-order valence-corrected chi connectivity index (χ3v) is 3.10. The second-order valence-electron chi connectivity index (χ2n) is 4.69. The van der Waals surface area contributed by atoms with Crippen LogP contribution in [0.3, 0.4) is 0 Å². The van der Waals surface area contributed by atoms with Gasteiger partial charge >= 0.3 is 0 Å². The molecule has 5 heteroatoms. The Morgan fingerprint density at radius 3 is 2.58 bits per heavy atom. The number of ether oxygens (including phenoxy) is 1. The minimum absolute atomic E-state index is 0. The quantitative estimate of drug-likeness (QED) is 0.884. The molecule has 1 heterocycles. The normalized spacial score (nSPS) is 15.4. The molecule has 4 nitrogen and oxygen atoms in total. The van der Waals surface area contributed by atoms with Crippen molar-refractivity contribution in [3.8, 4) is 5.75 Å². The summed E-state index contributed by atoms with van der Waals surface area (Å²) in [5.41, 5.74) is 1.18. The first-order valence-corrected chi connectivity index (χ1v) is 6.43. The largest absolute Gasteiger partial charge is 0.484 e. The molecule has 0 unspecified atom stereocenters. The van der Waals surface area contributed by atoms with E-state index in [0.717, 1.165) is 31.7 Å². The Morgan fingerprint density at radius 1 is 1.32 bits per heavy atom. The molecule has 19 heavy (non-hydrogen) atoms. The molecule has 1 amide bonds. The highest BCUT2D eigenvalue weighted by atomic mass is 35.5. The van der Waals surface area contributed by atoms with Gasteiger partial charge in [0.2, 0.25) is 0 Å². The molecular formula is C14H21ClN2O2. The predicted molar refractivity (Wildman–Crippen MR) is 78.0 cm³/mol. The van der Waals surface area contributed by atoms with Crippen LogP contribution >= 0.6 is 12.4 Å². The number of hydrogen-bond donors (Lipinski definition) is 2. The molecule has 0 atom stereocenters. The van der Waals surface area contributed by atoms with Gasteiger partial charge in [0.25, 0.3) is 5.91 Å². The first-order chi connectivity index (χ1) is 8.74. The molecule has 1 aliphatic heterocycles. The number of carbonyl (C=O) groups is 1. The second kappa shape index (κ2) is 8.02. The summed E-state index contributed by atoms with van der Waals surface area (Å²) in [5.74, 6) is 0.698. The molecule has 1 fully saturated rings. The number of halogens is 1. The maximum atomic E-state index is 11.7. The van der Waals surface area contributed by atoms with Crippen LogP contribution in [0.1, 0.15) is 18.4 Å². The summed E-state index contributed by atoms with van der Waals surface area (Å²) >= 11 is 0. The fraction of sp³-hybridized carbons (Fsp3) is 0.500. The van der Waals surface area contributed by atoms with E-state index < -0.39 is 0 Å². The number of carbonyl (C=O) groups excluding carboxylic acids is 1. The van der Waals surface area contributed by atoms with Crippen LogP contribution in [-0.2, 0) is 4.79 Å². The number of piperidine rings is 1. The van der Waals surface area contributed by atoms with Crippen molar-refractivity contribution in [2.45, 2.75) is 25.8 Å². The summed E-state index contributed by atoms with van der Waals surface area (Å²) in [5, 5.41) is 6.27. The first-order valence-electron chi connectivity index (χ1n) is 6.43. The molecule has 0 radical (unpaired) electrons. The van der Waals surface area contributed by atoms with Crippen molar-refractivity contribution in [2.75, 3.05) is 19.7 Å². The van der Waals surface area contributed by atoms with Gasteiger partial charge in [-0.15, -0.1) is 12.4 Å². The maximum Gasteiger partial charge on any atom is 0.258 e. The highest BCUT2D eigenvalue weighted by Gasteiger charge is 2.15. The number of nitrogens with one attached hydrogen (secondary N) is 2. The zero-order valence-electron chi connectivity index (χ0n) is 11.1. The van der Waals surface area contributed by atoms with Crippen molar-refractivity contribution < 1.29 is 9.53 Å². The lowest BCUT2D eigenvalue weighted by atomic mass is 10.1. The molecular weight excluding hydrogens is 264 g/mol. The van der Waals surface area contributed by atoms with Gasteiger partial charge in [-0.25, -0.2) is 0 Å². The van der Waals surface area contributed by atoms with Crippen molar-refractivity contribution in [2.24, 2.45) is 0 Å². The van der Waals surface area contributed by atoms with E-state index in [1.807, 2.05) is 31.2 Å². The maximum absolute atomic E-state index is 11.7. The van der Waals surface area contributed by atoms with Gasteiger partial charge in [-0.3, -0.25) is 4.79 Å². The summed E-state index contributed by atoms with van der Waals surface area (Å²) in [7, 11) is 0. The van der Waals surface area contributed by atoms with E-state index in [9.17, 15) is 4.79 Å². The third-order valence-electron chi connectivity index (χ3n) is 3.10. The van der Waals surface area contributed by atoms with Crippen LogP contribution in [0.25, 0.3) is 0 Å². The van der Waals surface area contributed by atoms with Crippen LogP contribution in [-0.4, -0.2) is 31.6 Å². The number of hydrogen-bond acceptors (Lipinski definition) is 3. The van der Waals surface area contributed by atoms with Gasteiger partial charge < -0.3 is 15.4 Å². The molecule has 2 rings (SSSR count). The summed E-state index contributed by atoms with van der Waals surface area (Å²) in [6, 6.07) is 8.00. The zero-order valence-corrected chi connectivity index (χ0v) is 12.0. The minimum atomic E-state index is -0.0394. The van der Waals surface area contributed by atoms with Gasteiger partial charge in [-0.05, 0) is 45.0 Å². The number of amides is 1. The van der Waals surface area contributed by atoms with Gasteiger partial charge in [0.05, 0.1) is 0 Å². The van der Waals surface area contributed by atoms with Gasteiger partial charge in [0.1, 0.15) is 5.75 Å². The van der Waals surface area contributed by atoms with Gasteiger partial charge in [0.15, 0.2) is 6.61 Å². The molecule has 0 spiro atoms. The molecule has 106 valence electrons. The lowest BCUT2D eigenvalue weighted by Gasteiger charge is -2.23. The van der Waals surface area contributed by atoms with Crippen molar-refractivity contribution >= 4 is 18.3 Å². The van der Waals surface area contributed by atoms with Crippen molar-refractivity contribution in [1.29, 1.82) is 0 Å². The van der Waals surface area contributed by atoms with Crippen molar-refractivity contribution in [1.82, 2.24) is 10.6 Å². The number of aryl methyl sites for hydroxylation is 1.